The Hall–Kier alpha value is -3.20. The van der Waals surface area contributed by atoms with Crippen LogP contribution in [0.5, 0.6) is 0 Å². The SMILES string of the molecule is CN(c1ccc(C#N)c(C(F)(F)F)c1)C1CCC(OC(C=O)N2CCN(c3ccc4cc(Br)ccc4n3)CC2)CC1. The van der Waals surface area contributed by atoms with E-state index in [0.717, 1.165) is 59.5 Å². The number of carbonyl (C=O) groups excluding carboxylic acids is 1. The van der Waals surface area contributed by atoms with E-state index in [9.17, 15) is 18.0 Å². The molecule has 1 aliphatic heterocycles. The van der Waals surface area contributed by atoms with Gasteiger partial charge in [-0.1, -0.05) is 15.9 Å². The molecule has 1 saturated carbocycles. The molecule has 1 aliphatic carbocycles. The van der Waals surface area contributed by atoms with Crippen LogP contribution in [0.1, 0.15) is 36.8 Å². The van der Waals surface area contributed by atoms with Gasteiger partial charge in [0.15, 0.2) is 12.5 Å². The zero-order valence-electron chi connectivity index (χ0n) is 22.6. The lowest BCUT2D eigenvalue weighted by atomic mass is 9.91. The highest BCUT2D eigenvalue weighted by Crippen LogP contribution is 2.36. The summed E-state index contributed by atoms with van der Waals surface area (Å²) < 4.78 is 47.5. The first-order valence-corrected chi connectivity index (χ1v) is 14.5. The molecule has 1 aromatic heterocycles. The number of aromatic nitrogens is 1. The predicted molar refractivity (Wildman–Crippen MR) is 155 cm³/mol. The molecule has 2 fully saturated rings. The van der Waals surface area contributed by atoms with E-state index in [2.05, 4.69) is 31.8 Å². The highest BCUT2D eigenvalue weighted by Gasteiger charge is 2.35. The molecule has 7 nitrogen and oxygen atoms in total. The number of benzene rings is 2. The van der Waals surface area contributed by atoms with Gasteiger partial charge in [0.05, 0.1) is 28.8 Å². The first-order valence-electron chi connectivity index (χ1n) is 13.7. The van der Waals surface area contributed by atoms with Crippen molar-refractivity contribution in [2.24, 2.45) is 0 Å². The molecule has 0 radical (unpaired) electrons. The van der Waals surface area contributed by atoms with Crippen LogP contribution < -0.4 is 9.80 Å². The molecule has 0 amide bonds. The first-order chi connectivity index (χ1) is 19.7. The zero-order chi connectivity index (χ0) is 29.1. The van der Waals surface area contributed by atoms with Crippen molar-refractivity contribution < 1.29 is 22.7 Å². The number of alkyl halides is 3. The van der Waals surface area contributed by atoms with Crippen molar-refractivity contribution in [2.45, 2.75) is 50.2 Å². The van der Waals surface area contributed by atoms with Crippen molar-refractivity contribution in [3.63, 3.8) is 0 Å². The van der Waals surface area contributed by atoms with Gasteiger partial charge in [0.2, 0.25) is 0 Å². The maximum Gasteiger partial charge on any atom is 0.417 e. The summed E-state index contributed by atoms with van der Waals surface area (Å²) in [6, 6.07) is 15.6. The second-order valence-corrected chi connectivity index (χ2v) is 11.5. The zero-order valence-corrected chi connectivity index (χ0v) is 24.2. The molecule has 1 atom stereocenters. The van der Waals surface area contributed by atoms with Crippen molar-refractivity contribution in [3.05, 3.63) is 64.1 Å². The minimum Gasteiger partial charge on any atom is -0.372 e. The minimum atomic E-state index is -4.59. The van der Waals surface area contributed by atoms with Gasteiger partial charge in [-0.3, -0.25) is 9.69 Å². The smallest absolute Gasteiger partial charge is 0.372 e. The molecule has 0 N–H and O–H groups in total. The number of piperazine rings is 1. The number of anilines is 2. The fourth-order valence-corrected chi connectivity index (χ4v) is 6.11. The van der Waals surface area contributed by atoms with Crippen LogP contribution in [0.15, 0.2) is 53.0 Å². The molecule has 1 unspecified atom stereocenters. The van der Waals surface area contributed by atoms with Gasteiger partial charge >= 0.3 is 6.18 Å². The van der Waals surface area contributed by atoms with E-state index in [0.29, 0.717) is 31.6 Å². The van der Waals surface area contributed by atoms with Crippen LogP contribution in [-0.4, -0.2) is 67.8 Å². The van der Waals surface area contributed by atoms with E-state index in [-0.39, 0.29) is 17.7 Å². The number of nitriles is 1. The molecular formula is C30H31BrF3N5O2. The largest absolute Gasteiger partial charge is 0.417 e. The Kier molecular flexibility index (Phi) is 8.82. The number of halogens is 4. The van der Waals surface area contributed by atoms with Gasteiger partial charge in [-0.15, -0.1) is 0 Å². The number of rotatable bonds is 7. The van der Waals surface area contributed by atoms with Crippen molar-refractivity contribution >= 4 is 44.6 Å². The fourth-order valence-electron chi connectivity index (χ4n) is 5.73. The normalized spacial score (nSPS) is 20.9. The van der Waals surface area contributed by atoms with Crippen LogP contribution in [-0.2, 0) is 15.7 Å². The Morgan fingerprint density at radius 3 is 2.46 bits per heavy atom. The molecule has 0 spiro atoms. The molecule has 0 bridgehead atoms. The monoisotopic (exact) mass is 629 g/mol. The number of fused-ring (bicyclic) bond motifs is 1. The number of hydrogen-bond acceptors (Lipinski definition) is 7. The number of hydrogen-bond donors (Lipinski definition) is 0. The summed E-state index contributed by atoms with van der Waals surface area (Å²) in [6.07, 6.45) is -1.59. The second kappa shape index (κ2) is 12.3. The van der Waals surface area contributed by atoms with Crippen LogP contribution in [0.4, 0.5) is 24.7 Å². The van der Waals surface area contributed by atoms with Gasteiger partial charge < -0.3 is 14.5 Å². The third-order valence-electron chi connectivity index (χ3n) is 8.11. The summed E-state index contributed by atoms with van der Waals surface area (Å²) in [5.41, 5.74) is 0.0657. The van der Waals surface area contributed by atoms with Crippen LogP contribution in [0.25, 0.3) is 10.9 Å². The van der Waals surface area contributed by atoms with E-state index in [1.807, 2.05) is 29.2 Å². The van der Waals surface area contributed by atoms with Gasteiger partial charge in [-0.25, -0.2) is 4.98 Å². The molecular weight excluding hydrogens is 599 g/mol. The Morgan fingerprint density at radius 1 is 1.07 bits per heavy atom. The predicted octanol–water partition coefficient (Wildman–Crippen LogP) is 6.00. The third-order valence-corrected chi connectivity index (χ3v) is 8.60. The van der Waals surface area contributed by atoms with Crippen LogP contribution in [0.3, 0.4) is 0 Å². The second-order valence-electron chi connectivity index (χ2n) is 10.6. The summed E-state index contributed by atoms with van der Waals surface area (Å²) in [4.78, 5) is 22.9. The van der Waals surface area contributed by atoms with Crippen LogP contribution in [0, 0.1) is 11.3 Å². The summed E-state index contributed by atoms with van der Waals surface area (Å²) in [6.45, 7) is 2.79. The molecule has 216 valence electrons. The van der Waals surface area contributed by atoms with E-state index in [1.165, 1.54) is 6.07 Å². The lowest BCUT2D eigenvalue weighted by Crippen LogP contribution is -2.53. The lowest BCUT2D eigenvalue weighted by Gasteiger charge is -2.40. The molecule has 1 saturated heterocycles. The Labute approximate surface area is 245 Å². The Bertz CT molecular complexity index is 1430. The van der Waals surface area contributed by atoms with Crippen molar-refractivity contribution in [3.8, 4) is 6.07 Å². The molecule has 2 aliphatic rings. The van der Waals surface area contributed by atoms with Gasteiger partial charge in [0.25, 0.3) is 0 Å². The summed E-state index contributed by atoms with van der Waals surface area (Å²) in [5.74, 6) is 0.912. The molecule has 41 heavy (non-hydrogen) atoms. The Balaban J connectivity index is 1.13. The fraction of sp³-hybridized carbons (Fsp3) is 0.433. The van der Waals surface area contributed by atoms with Gasteiger partial charge in [-0.2, -0.15) is 18.4 Å². The van der Waals surface area contributed by atoms with Crippen LogP contribution >= 0.6 is 15.9 Å². The average molecular weight is 631 g/mol. The number of nitrogens with zero attached hydrogens (tertiary/aromatic N) is 5. The standard InChI is InChI=1S/C30H31BrF3N5O2/c1-37(24-5-2-21(18-35)26(17-24)30(32,33)34)23-6-8-25(9-7-23)41-29(19-40)39-14-12-38(13-15-39)28-11-3-20-16-22(31)4-10-27(20)36-28/h2-5,10-11,16-17,19,23,25,29H,6-9,12-15H2,1H3. The molecule has 11 heteroatoms. The van der Waals surface area contributed by atoms with E-state index in [1.54, 1.807) is 19.2 Å². The minimum absolute atomic E-state index is 0.0395. The van der Waals surface area contributed by atoms with E-state index in [4.69, 9.17) is 15.0 Å². The van der Waals surface area contributed by atoms with Crippen molar-refractivity contribution in [2.75, 3.05) is 43.0 Å². The number of ether oxygens (including phenoxy) is 1. The summed E-state index contributed by atoms with van der Waals surface area (Å²) >= 11 is 3.49. The van der Waals surface area contributed by atoms with E-state index < -0.39 is 18.0 Å². The van der Waals surface area contributed by atoms with Crippen molar-refractivity contribution in [1.29, 1.82) is 5.26 Å². The van der Waals surface area contributed by atoms with Gasteiger partial charge in [0, 0.05) is 54.8 Å². The van der Waals surface area contributed by atoms with Crippen LogP contribution in [0.2, 0.25) is 0 Å². The molecule has 5 rings (SSSR count). The number of aldehydes is 1. The maximum atomic E-state index is 13.4. The molecule has 3 aromatic rings. The summed E-state index contributed by atoms with van der Waals surface area (Å²) in [7, 11) is 1.78. The quantitative estimate of drug-likeness (QED) is 0.297. The van der Waals surface area contributed by atoms with Crippen molar-refractivity contribution in [1.82, 2.24) is 9.88 Å². The number of carbonyl (C=O) groups is 1. The first kappa shape index (κ1) is 29.3. The van der Waals surface area contributed by atoms with Gasteiger partial charge in [-0.05, 0) is 74.2 Å². The highest BCUT2D eigenvalue weighted by atomic mass is 79.9. The molecule has 2 heterocycles. The highest BCUT2D eigenvalue weighted by molar-refractivity contribution is 9.10. The summed E-state index contributed by atoms with van der Waals surface area (Å²) in [5, 5.41) is 10.1. The topological polar surface area (TPSA) is 72.7 Å². The average Bonchev–Trinajstić information content (AvgIpc) is 2.99. The third kappa shape index (κ3) is 6.66. The Morgan fingerprint density at radius 2 is 1.80 bits per heavy atom. The maximum absolute atomic E-state index is 13.4. The molecule has 2 aromatic carbocycles. The van der Waals surface area contributed by atoms with E-state index >= 15 is 0 Å². The number of pyridine rings is 1. The lowest BCUT2D eigenvalue weighted by molar-refractivity contribution is -0.143. The van der Waals surface area contributed by atoms with Gasteiger partial charge in [0.1, 0.15) is 5.82 Å².